The molecule has 4 nitrogen and oxygen atoms in total. The van der Waals surface area contributed by atoms with Crippen LogP contribution in [0.3, 0.4) is 0 Å². The average Bonchev–Trinajstić information content (AvgIpc) is 2.45. The molecule has 1 aliphatic rings. The Balaban J connectivity index is 2.00. The molecule has 0 amide bonds. The van der Waals surface area contributed by atoms with E-state index in [9.17, 15) is 4.21 Å². The molecule has 0 bridgehead atoms. The first-order chi connectivity index (χ1) is 9.97. The molecule has 0 aromatic heterocycles. The van der Waals surface area contributed by atoms with Gasteiger partial charge in [0.25, 0.3) is 0 Å². The van der Waals surface area contributed by atoms with Crippen LogP contribution in [-0.4, -0.2) is 22.6 Å². The van der Waals surface area contributed by atoms with E-state index in [1.807, 2.05) is 6.07 Å². The van der Waals surface area contributed by atoms with Crippen LogP contribution in [0.5, 0.6) is 5.75 Å². The van der Waals surface area contributed by atoms with Gasteiger partial charge in [0.15, 0.2) is 0 Å². The fraction of sp³-hybridized carbons (Fsp3) is 0.625. The summed E-state index contributed by atoms with van der Waals surface area (Å²) >= 11 is 0. The van der Waals surface area contributed by atoms with Crippen molar-refractivity contribution in [3.05, 3.63) is 24.3 Å². The SMILES string of the molecule is CC(N)CS(=N)(=O)c1cccc(OCC2CCCCC2)c1. The first-order valence-electron chi connectivity index (χ1n) is 7.72. The molecule has 3 N–H and O–H groups in total. The van der Waals surface area contributed by atoms with Crippen molar-refractivity contribution in [1.82, 2.24) is 0 Å². The van der Waals surface area contributed by atoms with Crippen molar-refractivity contribution in [3.8, 4) is 5.75 Å². The predicted molar refractivity (Wildman–Crippen MR) is 86.2 cm³/mol. The summed E-state index contributed by atoms with van der Waals surface area (Å²) in [6.07, 6.45) is 6.40. The minimum absolute atomic E-state index is 0.180. The van der Waals surface area contributed by atoms with Crippen LogP contribution in [0.1, 0.15) is 39.0 Å². The van der Waals surface area contributed by atoms with E-state index in [1.165, 1.54) is 32.1 Å². The molecule has 2 atom stereocenters. The Hall–Kier alpha value is -1.07. The van der Waals surface area contributed by atoms with Gasteiger partial charge in [-0.2, -0.15) is 0 Å². The van der Waals surface area contributed by atoms with Crippen LogP contribution in [0.15, 0.2) is 29.2 Å². The number of rotatable bonds is 6. The summed E-state index contributed by atoms with van der Waals surface area (Å²) in [6, 6.07) is 6.89. The van der Waals surface area contributed by atoms with Gasteiger partial charge < -0.3 is 10.5 Å². The highest BCUT2D eigenvalue weighted by Crippen LogP contribution is 2.25. The monoisotopic (exact) mass is 310 g/mol. The Morgan fingerprint density at radius 3 is 2.76 bits per heavy atom. The van der Waals surface area contributed by atoms with Crippen molar-refractivity contribution in [1.29, 1.82) is 4.78 Å². The van der Waals surface area contributed by atoms with Crippen molar-refractivity contribution < 1.29 is 8.95 Å². The molecule has 1 aromatic rings. The van der Waals surface area contributed by atoms with E-state index in [0.717, 1.165) is 6.61 Å². The minimum atomic E-state index is -2.83. The smallest absolute Gasteiger partial charge is 0.120 e. The molecule has 0 spiro atoms. The molecule has 118 valence electrons. The Bertz CT molecular complexity index is 549. The molecule has 0 aliphatic heterocycles. The van der Waals surface area contributed by atoms with Gasteiger partial charge >= 0.3 is 0 Å². The van der Waals surface area contributed by atoms with Gasteiger partial charge in [0.1, 0.15) is 5.75 Å². The maximum absolute atomic E-state index is 12.4. The first-order valence-corrected chi connectivity index (χ1v) is 9.45. The van der Waals surface area contributed by atoms with Crippen molar-refractivity contribution in [3.63, 3.8) is 0 Å². The lowest BCUT2D eigenvalue weighted by Crippen LogP contribution is -2.25. The number of hydrogen-bond acceptors (Lipinski definition) is 4. The third-order valence-electron chi connectivity index (χ3n) is 3.89. The summed E-state index contributed by atoms with van der Waals surface area (Å²) in [5.74, 6) is 1.52. The van der Waals surface area contributed by atoms with Crippen LogP contribution in [0, 0.1) is 10.7 Å². The standard InChI is InChI=1S/C16H26N2O2S/c1-13(17)12-21(18,19)16-9-5-8-15(10-16)20-11-14-6-3-2-4-7-14/h5,8-10,13-14,18H,2-4,6-7,11-12,17H2,1H3. The van der Waals surface area contributed by atoms with Crippen molar-refractivity contribution in [2.75, 3.05) is 12.4 Å². The summed E-state index contributed by atoms with van der Waals surface area (Å²) in [7, 11) is -2.83. The molecule has 0 saturated heterocycles. The Labute approximate surface area is 128 Å². The Morgan fingerprint density at radius 1 is 1.38 bits per heavy atom. The third-order valence-corrected chi connectivity index (χ3v) is 5.90. The van der Waals surface area contributed by atoms with Gasteiger partial charge in [-0.15, -0.1) is 0 Å². The second-order valence-corrected chi connectivity index (χ2v) is 8.26. The number of ether oxygens (including phenoxy) is 1. The van der Waals surface area contributed by atoms with E-state index < -0.39 is 9.73 Å². The number of nitrogens with one attached hydrogen (secondary N) is 1. The number of hydrogen-bond donors (Lipinski definition) is 2. The number of nitrogens with two attached hydrogens (primary N) is 1. The second kappa shape index (κ2) is 7.27. The summed E-state index contributed by atoms with van der Waals surface area (Å²) < 4.78 is 26.2. The largest absolute Gasteiger partial charge is 0.493 e. The highest BCUT2D eigenvalue weighted by molar-refractivity contribution is 7.92. The maximum Gasteiger partial charge on any atom is 0.120 e. The lowest BCUT2D eigenvalue weighted by molar-refractivity contribution is 0.208. The zero-order valence-corrected chi connectivity index (χ0v) is 13.5. The minimum Gasteiger partial charge on any atom is -0.493 e. The molecule has 1 aliphatic carbocycles. The fourth-order valence-electron chi connectivity index (χ4n) is 2.80. The van der Waals surface area contributed by atoms with Gasteiger partial charge in [0.2, 0.25) is 0 Å². The zero-order chi connectivity index (χ0) is 15.3. The molecule has 0 radical (unpaired) electrons. The molecule has 21 heavy (non-hydrogen) atoms. The summed E-state index contributed by atoms with van der Waals surface area (Å²) in [4.78, 5) is 0.515. The lowest BCUT2D eigenvalue weighted by Gasteiger charge is -2.21. The van der Waals surface area contributed by atoms with Gasteiger partial charge in [-0.05, 0) is 43.9 Å². The summed E-state index contributed by atoms with van der Waals surface area (Å²) in [5, 5.41) is 0. The van der Waals surface area contributed by atoms with Crippen LogP contribution >= 0.6 is 0 Å². The quantitative estimate of drug-likeness (QED) is 0.845. The highest BCUT2D eigenvalue weighted by atomic mass is 32.2. The molecule has 2 rings (SSSR count). The Morgan fingerprint density at radius 2 is 2.10 bits per heavy atom. The molecule has 1 fully saturated rings. The molecular weight excluding hydrogens is 284 g/mol. The average molecular weight is 310 g/mol. The van der Waals surface area contributed by atoms with Crippen LogP contribution < -0.4 is 10.5 Å². The fourth-order valence-corrected chi connectivity index (χ4v) is 4.34. The van der Waals surface area contributed by atoms with Crippen LogP contribution in [-0.2, 0) is 9.73 Å². The number of benzene rings is 1. The molecule has 1 saturated carbocycles. The maximum atomic E-state index is 12.4. The van der Waals surface area contributed by atoms with E-state index in [2.05, 4.69) is 0 Å². The van der Waals surface area contributed by atoms with Crippen LogP contribution in [0.2, 0.25) is 0 Å². The normalized spacial score (nSPS) is 20.7. The van der Waals surface area contributed by atoms with E-state index in [0.29, 0.717) is 16.6 Å². The summed E-state index contributed by atoms with van der Waals surface area (Å²) in [5.41, 5.74) is 5.68. The topological polar surface area (TPSA) is 76.2 Å². The van der Waals surface area contributed by atoms with Crippen molar-refractivity contribution in [2.24, 2.45) is 11.7 Å². The highest BCUT2D eigenvalue weighted by Gasteiger charge is 2.16. The molecule has 5 heteroatoms. The van der Waals surface area contributed by atoms with E-state index in [4.69, 9.17) is 15.3 Å². The Kier molecular flexibility index (Phi) is 5.65. The second-order valence-electron chi connectivity index (χ2n) is 6.11. The predicted octanol–water partition coefficient (Wildman–Crippen LogP) is 3.40. The van der Waals surface area contributed by atoms with Crippen molar-refractivity contribution >= 4 is 9.73 Å². The molecular formula is C16H26N2O2S. The first kappa shape index (κ1) is 16.3. The molecule has 2 unspecified atom stereocenters. The van der Waals surface area contributed by atoms with Gasteiger partial charge in [0, 0.05) is 6.04 Å². The van der Waals surface area contributed by atoms with Crippen molar-refractivity contribution in [2.45, 2.75) is 50.0 Å². The van der Waals surface area contributed by atoms with Crippen LogP contribution in [0.25, 0.3) is 0 Å². The van der Waals surface area contributed by atoms with Gasteiger partial charge in [-0.3, -0.25) is 0 Å². The summed E-state index contributed by atoms with van der Waals surface area (Å²) in [6.45, 7) is 2.49. The third kappa shape index (κ3) is 5.00. The van der Waals surface area contributed by atoms with Crippen LogP contribution in [0.4, 0.5) is 0 Å². The lowest BCUT2D eigenvalue weighted by atomic mass is 9.90. The molecule has 0 heterocycles. The van der Waals surface area contributed by atoms with E-state index in [1.54, 1.807) is 25.1 Å². The van der Waals surface area contributed by atoms with Gasteiger partial charge in [-0.1, -0.05) is 25.3 Å². The van der Waals surface area contributed by atoms with Gasteiger partial charge in [0.05, 0.1) is 27.0 Å². The van der Waals surface area contributed by atoms with E-state index in [-0.39, 0.29) is 11.8 Å². The van der Waals surface area contributed by atoms with E-state index >= 15 is 0 Å². The van der Waals surface area contributed by atoms with Gasteiger partial charge in [-0.25, -0.2) is 8.99 Å². The zero-order valence-electron chi connectivity index (χ0n) is 12.7. The molecule has 1 aromatic carbocycles.